The number of carbonyl (C=O) groups excluding carboxylic acids is 3. The van der Waals surface area contributed by atoms with E-state index in [0.29, 0.717) is 16.9 Å². The minimum atomic E-state index is -0.661. The maximum absolute atomic E-state index is 13.2. The third-order valence-corrected chi connectivity index (χ3v) is 4.32. The van der Waals surface area contributed by atoms with Gasteiger partial charge >= 0.3 is 5.97 Å². The summed E-state index contributed by atoms with van der Waals surface area (Å²) in [6, 6.07) is 19.4. The lowest BCUT2D eigenvalue weighted by Crippen LogP contribution is -2.23. The standard InChI is InChI=1S/C24H21FN2O4/c1-16-6-4-9-19(12-16)26-24(30)20-10-2-3-11-21(20)27-22(28)15-31-23(29)14-17-7-5-8-18(25)13-17/h2-13H,14-15H2,1H3,(H,26,30)(H,27,28). The minimum Gasteiger partial charge on any atom is -0.455 e. The first kappa shape index (κ1) is 21.7. The van der Waals surface area contributed by atoms with Crippen LogP contribution in [0, 0.1) is 12.7 Å². The predicted molar refractivity (Wildman–Crippen MR) is 115 cm³/mol. The van der Waals surface area contributed by atoms with E-state index in [4.69, 9.17) is 4.74 Å². The molecule has 0 fully saturated rings. The molecular weight excluding hydrogens is 399 g/mol. The van der Waals surface area contributed by atoms with Crippen molar-refractivity contribution in [2.75, 3.05) is 17.2 Å². The summed E-state index contributed by atoms with van der Waals surface area (Å²) >= 11 is 0. The molecule has 3 aromatic carbocycles. The van der Waals surface area contributed by atoms with Crippen molar-refractivity contribution in [1.82, 2.24) is 0 Å². The van der Waals surface area contributed by atoms with Crippen molar-refractivity contribution in [1.29, 1.82) is 0 Å². The second-order valence-electron chi connectivity index (χ2n) is 6.88. The molecule has 0 bridgehead atoms. The second-order valence-corrected chi connectivity index (χ2v) is 6.88. The lowest BCUT2D eigenvalue weighted by Gasteiger charge is -2.12. The number of halogens is 1. The van der Waals surface area contributed by atoms with E-state index < -0.39 is 24.3 Å². The smallest absolute Gasteiger partial charge is 0.310 e. The van der Waals surface area contributed by atoms with Gasteiger partial charge in [-0.05, 0) is 54.4 Å². The van der Waals surface area contributed by atoms with Crippen LogP contribution in [-0.4, -0.2) is 24.4 Å². The molecule has 0 heterocycles. The van der Waals surface area contributed by atoms with Crippen molar-refractivity contribution in [2.45, 2.75) is 13.3 Å². The van der Waals surface area contributed by atoms with Crippen LogP contribution in [0.1, 0.15) is 21.5 Å². The molecule has 0 aromatic heterocycles. The molecule has 0 aliphatic heterocycles. The minimum absolute atomic E-state index is 0.152. The van der Waals surface area contributed by atoms with Crippen LogP contribution in [0.25, 0.3) is 0 Å². The van der Waals surface area contributed by atoms with Gasteiger partial charge in [0.2, 0.25) is 0 Å². The zero-order valence-corrected chi connectivity index (χ0v) is 16.9. The van der Waals surface area contributed by atoms with Crippen LogP contribution in [0.15, 0.2) is 72.8 Å². The predicted octanol–water partition coefficient (Wildman–Crippen LogP) is 4.11. The summed E-state index contributed by atoms with van der Waals surface area (Å²) in [5.41, 5.74) is 2.64. The quantitative estimate of drug-likeness (QED) is 0.564. The number of hydrogen-bond donors (Lipinski definition) is 2. The maximum Gasteiger partial charge on any atom is 0.310 e. The van der Waals surface area contributed by atoms with Crippen LogP contribution in [0.2, 0.25) is 0 Å². The molecule has 0 radical (unpaired) electrons. The van der Waals surface area contributed by atoms with Crippen LogP contribution >= 0.6 is 0 Å². The Balaban J connectivity index is 1.57. The van der Waals surface area contributed by atoms with Gasteiger partial charge in [-0.3, -0.25) is 14.4 Å². The molecule has 2 amide bonds. The summed E-state index contributed by atoms with van der Waals surface area (Å²) in [4.78, 5) is 36.8. The fourth-order valence-corrected chi connectivity index (χ4v) is 2.91. The maximum atomic E-state index is 13.2. The van der Waals surface area contributed by atoms with Crippen molar-refractivity contribution >= 4 is 29.2 Å². The number of nitrogens with one attached hydrogen (secondary N) is 2. The van der Waals surface area contributed by atoms with E-state index in [1.807, 2.05) is 25.1 Å². The van der Waals surface area contributed by atoms with Gasteiger partial charge < -0.3 is 15.4 Å². The van der Waals surface area contributed by atoms with E-state index in [9.17, 15) is 18.8 Å². The van der Waals surface area contributed by atoms with Crippen LogP contribution in [-0.2, 0) is 20.7 Å². The normalized spacial score (nSPS) is 10.3. The lowest BCUT2D eigenvalue weighted by molar-refractivity contribution is -0.146. The first-order chi connectivity index (χ1) is 14.9. The molecule has 3 rings (SSSR count). The summed E-state index contributed by atoms with van der Waals surface area (Å²) in [5, 5.41) is 5.37. The zero-order chi connectivity index (χ0) is 22.2. The molecule has 0 saturated carbocycles. The Morgan fingerprint density at radius 1 is 0.903 bits per heavy atom. The van der Waals surface area contributed by atoms with Gasteiger partial charge in [0.15, 0.2) is 6.61 Å². The van der Waals surface area contributed by atoms with E-state index in [0.717, 1.165) is 5.56 Å². The number of aryl methyl sites for hydroxylation is 1. The van der Waals surface area contributed by atoms with E-state index in [1.54, 1.807) is 36.4 Å². The summed E-state index contributed by atoms with van der Waals surface area (Å²) < 4.78 is 18.1. The van der Waals surface area contributed by atoms with Crippen molar-refractivity contribution in [3.8, 4) is 0 Å². The molecule has 0 saturated heterocycles. The number of rotatable bonds is 7. The highest BCUT2D eigenvalue weighted by molar-refractivity contribution is 6.10. The zero-order valence-electron chi connectivity index (χ0n) is 16.9. The van der Waals surface area contributed by atoms with E-state index >= 15 is 0 Å². The van der Waals surface area contributed by atoms with Crippen molar-refractivity contribution in [3.05, 3.63) is 95.3 Å². The Morgan fingerprint density at radius 3 is 2.45 bits per heavy atom. The highest BCUT2D eigenvalue weighted by Gasteiger charge is 2.15. The molecule has 31 heavy (non-hydrogen) atoms. The highest BCUT2D eigenvalue weighted by atomic mass is 19.1. The molecule has 0 atom stereocenters. The fraction of sp³-hybridized carbons (Fsp3) is 0.125. The molecule has 0 unspecified atom stereocenters. The number of amides is 2. The molecule has 0 aliphatic carbocycles. The van der Waals surface area contributed by atoms with E-state index in [2.05, 4.69) is 10.6 Å². The molecule has 6 nitrogen and oxygen atoms in total. The summed E-state index contributed by atoms with van der Waals surface area (Å²) in [5.74, 6) is -2.09. The number of benzene rings is 3. The molecule has 0 aliphatic rings. The topological polar surface area (TPSA) is 84.5 Å². The summed E-state index contributed by atoms with van der Waals surface area (Å²) in [6.07, 6.45) is -0.152. The molecule has 0 spiro atoms. The lowest BCUT2D eigenvalue weighted by atomic mass is 10.1. The van der Waals surface area contributed by atoms with Crippen LogP contribution in [0.3, 0.4) is 0 Å². The van der Waals surface area contributed by atoms with Gasteiger partial charge in [-0.2, -0.15) is 0 Å². The van der Waals surface area contributed by atoms with Gasteiger partial charge in [0, 0.05) is 5.69 Å². The Morgan fingerprint density at radius 2 is 1.68 bits per heavy atom. The van der Waals surface area contributed by atoms with Gasteiger partial charge in [0.05, 0.1) is 17.7 Å². The SMILES string of the molecule is Cc1cccc(NC(=O)c2ccccc2NC(=O)COC(=O)Cc2cccc(F)c2)c1. The van der Waals surface area contributed by atoms with Crippen LogP contribution in [0.5, 0.6) is 0 Å². The molecule has 7 heteroatoms. The molecule has 2 N–H and O–H groups in total. The highest BCUT2D eigenvalue weighted by Crippen LogP contribution is 2.18. The third-order valence-electron chi connectivity index (χ3n) is 4.32. The van der Waals surface area contributed by atoms with Gasteiger partial charge in [-0.15, -0.1) is 0 Å². The van der Waals surface area contributed by atoms with E-state index in [-0.39, 0.29) is 17.9 Å². The van der Waals surface area contributed by atoms with Crippen LogP contribution < -0.4 is 10.6 Å². The average molecular weight is 420 g/mol. The summed E-state index contributed by atoms with van der Waals surface area (Å²) in [6.45, 7) is 1.39. The Hall–Kier alpha value is -4.00. The van der Waals surface area contributed by atoms with Gasteiger partial charge in [0.25, 0.3) is 11.8 Å². The molecular formula is C24H21FN2O4. The van der Waals surface area contributed by atoms with Gasteiger partial charge in [-0.1, -0.05) is 36.4 Å². The largest absolute Gasteiger partial charge is 0.455 e. The van der Waals surface area contributed by atoms with Crippen molar-refractivity contribution in [2.24, 2.45) is 0 Å². The number of ether oxygens (including phenoxy) is 1. The monoisotopic (exact) mass is 420 g/mol. The van der Waals surface area contributed by atoms with Crippen molar-refractivity contribution < 1.29 is 23.5 Å². The average Bonchev–Trinajstić information content (AvgIpc) is 2.73. The van der Waals surface area contributed by atoms with Crippen molar-refractivity contribution in [3.63, 3.8) is 0 Å². The second kappa shape index (κ2) is 10.2. The fourth-order valence-electron chi connectivity index (χ4n) is 2.91. The Bertz CT molecular complexity index is 1110. The number of esters is 1. The summed E-state index contributed by atoms with van der Waals surface area (Å²) in [7, 11) is 0. The van der Waals surface area contributed by atoms with E-state index in [1.165, 1.54) is 18.2 Å². The number of carbonyl (C=O) groups is 3. The van der Waals surface area contributed by atoms with Gasteiger partial charge in [-0.25, -0.2) is 4.39 Å². The molecule has 158 valence electrons. The third kappa shape index (κ3) is 6.50. The Kier molecular flexibility index (Phi) is 7.11. The Labute approximate surface area is 179 Å². The molecule has 3 aromatic rings. The van der Waals surface area contributed by atoms with Crippen LogP contribution in [0.4, 0.5) is 15.8 Å². The number of anilines is 2. The number of para-hydroxylation sites is 1. The number of hydrogen-bond acceptors (Lipinski definition) is 4. The first-order valence-electron chi connectivity index (χ1n) is 9.57. The first-order valence-corrected chi connectivity index (χ1v) is 9.57. The van der Waals surface area contributed by atoms with Gasteiger partial charge in [0.1, 0.15) is 5.82 Å².